The third-order valence-corrected chi connectivity index (χ3v) is 6.31. The Balaban J connectivity index is 1.53. The zero-order valence-electron chi connectivity index (χ0n) is 20.3. The van der Waals surface area contributed by atoms with Gasteiger partial charge in [0.2, 0.25) is 11.8 Å². The number of Topliss-reactive ketones (excluding diaryl/α,β-unsaturated/α-hetero) is 4. The molecule has 0 fully saturated rings. The van der Waals surface area contributed by atoms with Crippen LogP contribution in [0.1, 0.15) is 55.3 Å². The van der Waals surface area contributed by atoms with Crippen LogP contribution in [0.15, 0.2) is 36.4 Å². The molecule has 2 unspecified atom stereocenters. The van der Waals surface area contributed by atoms with Crippen LogP contribution in [0.5, 0.6) is 11.5 Å². The summed E-state index contributed by atoms with van der Waals surface area (Å²) in [7, 11) is 0. The number of hydrogen-bond acceptors (Lipinski definition) is 9. The highest BCUT2D eigenvalue weighted by Gasteiger charge is 2.45. The van der Waals surface area contributed by atoms with E-state index in [0.29, 0.717) is 0 Å². The predicted molar refractivity (Wildman–Crippen MR) is 128 cm³/mol. The zero-order chi connectivity index (χ0) is 28.8. The van der Waals surface area contributed by atoms with E-state index in [9.17, 15) is 38.4 Å². The first-order chi connectivity index (χ1) is 18.3. The smallest absolute Gasteiger partial charge is 0.325 e. The molecule has 200 valence electrons. The van der Waals surface area contributed by atoms with Gasteiger partial charge in [0, 0.05) is 22.3 Å². The Labute approximate surface area is 219 Å². The van der Waals surface area contributed by atoms with Crippen molar-refractivity contribution in [3.05, 3.63) is 58.7 Å². The lowest BCUT2D eigenvalue weighted by Crippen LogP contribution is -2.44. The van der Waals surface area contributed by atoms with E-state index in [4.69, 9.17) is 14.9 Å². The highest BCUT2D eigenvalue weighted by molar-refractivity contribution is 6.36. The lowest BCUT2D eigenvalue weighted by molar-refractivity contribution is -0.141. The number of ether oxygens (including phenoxy) is 1. The van der Waals surface area contributed by atoms with Gasteiger partial charge >= 0.3 is 11.9 Å². The monoisotopic (exact) mass is 536 g/mol. The second kappa shape index (κ2) is 9.93. The van der Waals surface area contributed by atoms with Crippen molar-refractivity contribution in [3.63, 3.8) is 0 Å². The average molecular weight is 536 g/mol. The molecule has 0 heterocycles. The quantitative estimate of drug-likeness (QED) is 0.344. The van der Waals surface area contributed by atoms with Gasteiger partial charge in [0.15, 0.2) is 35.0 Å². The lowest BCUT2D eigenvalue weighted by Gasteiger charge is -2.11. The maximum absolute atomic E-state index is 12.8. The number of aliphatic carboxylic acids is 2. The Hall–Kier alpha value is -5.20. The van der Waals surface area contributed by atoms with E-state index in [-0.39, 0.29) is 33.8 Å². The largest absolute Gasteiger partial charge is 0.480 e. The summed E-state index contributed by atoms with van der Waals surface area (Å²) < 4.78 is 5.70. The fraction of sp³-hybridized carbons (Fsp3) is 0.231. The average Bonchev–Trinajstić information content (AvgIpc) is 3.27. The van der Waals surface area contributed by atoms with Gasteiger partial charge in [0.25, 0.3) is 0 Å². The molecule has 2 aliphatic rings. The molecule has 0 saturated heterocycles. The summed E-state index contributed by atoms with van der Waals surface area (Å²) in [4.78, 5) is 97.7. The molecule has 0 aromatic heterocycles. The maximum atomic E-state index is 12.8. The van der Waals surface area contributed by atoms with E-state index in [1.54, 1.807) is 0 Å². The highest BCUT2D eigenvalue weighted by atomic mass is 16.5. The number of nitrogens with one attached hydrogen (secondary N) is 2. The molecule has 2 aliphatic carbocycles. The molecule has 0 radical (unpaired) electrons. The lowest BCUT2D eigenvalue weighted by atomic mass is 10.0. The van der Waals surface area contributed by atoms with Gasteiger partial charge in [-0.15, -0.1) is 0 Å². The van der Waals surface area contributed by atoms with Crippen molar-refractivity contribution in [3.8, 4) is 11.5 Å². The number of rotatable bonds is 8. The minimum Gasteiger partial charge on any atom is -0.480 e. The first-order valence-electron chi connectivity index (χ1n) is 11.5. The normalized spacial score (nSPS) is 19.1. The summed E-state index contributed by atoms with van der Waals surface area (Å²) in [5.41, 5.74) is -0.320. The number of fused-ring (bicyclic) bond motifs is 2. The molecule has 0 bridgehead atoms. The van der Waals surface area contributed by atoms with E-state index < -0.39 is 70.8 Å². The Bertz CT molecular complexity index is 1400. The van der Waals surface area contributed by atoms with E-state index >= 15 is 0 Å². The summed E-state index contributed by atoms with van der Waals surface area (Å²) in [5.74, 6) is -11.4. The molecule has 13 nitrogen and oxygen atoms in total. The van der Waals surface area contributed by atoms with E-state index in [1.165, 1.54) is 50.2 Å². The van der Waals surface area contributed by atoms with Crippen molar-refractivity contribution in [1.82, 2.24) is 10.6 Å². The van der Waals surface area contributed by atoms with Crippen LogP contribution < -0.4 is 15.4 Å². The minimum absolute atomic E-state index is 0.0466. The first kappa shape index (κ1) is 26.9. The summed E-state index contributed by atoms with van der Waals surface area (Å²) >= 11 is 0. The minimum atomic E-state index is -1.74. The van der Waals surface area contributed by atoms with Crippen LogP contribution in [0.4, 0.5) is 0 Å². The molecule has 4 atom stereocenters. The van der Waals surface area contributed by atoms with Crippen molar-refractivity contribution in [1.29, 1.82) is 0 Å². The molecule has 4 N–H and O–H groups in total. The molecule has 39 heavy (non-hydrogen) atoms. The molecule has 0 saturated carbocycles. The van der Waals surface area contributed by atoms with Crippen molar-refractivity contribution in [2.75, 3.05) is 0 Å². The fourth-order valence-corrected chi connectivity index (χ4v) is 4.20. The Morgan fingerprint density at radius 3 is 1.31 bits per heavy atom. The van der Waals surface area contributed by atoms with E-state index in [0.717, 1.165) is 0 Å². The molecule has 2 aromatic carbocycles. The van der Waals surface area contributed by atoms with Crippen LogP contribution in [-0.4, -0.2) is 69.2 Å². The Kier molecular flexibility index (Phi) is 6.84. The van der Waals surface area contributed by atoms with Gasteiger partial charge in [-0.05, 0) is 50.2 Å². The molecule has 13 heteroatoms. The van der Waals surface area contributed by atoms with Crippen LogP contribution in [0.2, 0.25) is 0 Å². The van der Waals surface area contributed by atoms with Crippen molar-refractivity contribution < 1.29 is 53.3 Å². The van der Waals surface area contributed by atoms with Crippen LogP contribution in [0.3, 0.4) is 0 Å². The first-order valence-corrected chi connectivity index (χ1v) is 11.5. The van der Waals surface area contributed by atoms with Gasteiger partial charge in [0.1, 0.15) is 23.6 Å². The standard InChI is InChI=1S/C26H20N2O11/c1-9(25(35)36)27-23(33)17-19(29)13-5-3-11(7-15(13)21(17)31)39-12-4-6-14-16(8-12)22(32)18(20(14)30)24(34)28-10(2)26(37)38/h3-10,17-18H,1-2H3,(H,27,33)(H,28,34)(H,35,36)(H,37,38)/t9-,10-,17?,18?/m0/s1. The number of hydrogen-bond donors (Lipinski definition) is 4. The number of carbonyl (C=O) groups is 8. The third-order valence-electron chi connectivity index (χ3n) is 6.31. The number of carboxylic acid groups (broad SMARTS) is 2. The van der Waals surface area contributed by atoms with Crippen LogP contribution in [-0.2, 0) is 19.2 Å². The number of benzene rings is 2. The topological polar surface area (TPSA) is 210 Å². The van der Waals surface area contributed by atoms with Crippen LogP contribution in [0.25, 0.3) is 0 Å². The van der Waals surface area contributed by atoms with Crippen LogP contribution in [0, 0.1) is 11.8 Å². The van der Waals surface area contributed by atoms with Crippen molar-refractivity contribution >= 4 is 46.9 Å². The van der Waals surface area contributed by atoms with E-state index in [2.05, 4.69) is 10.6 Å². The summed E-state index contributed by atoms with van der Waals surface area (Å²) in [6.07, 6.45) is 0. The predicted octanol–water partition coefficient (Wildman–Crippen LogP) is 0.648. The summed E-state index contributed by atoms with van der Waals surface area (Å²) in [6.45, 7) is 2.37. The number of carbonyl (C=O) groups excluding carboxylic acids is 6. The van der Waals surface area contributed by atoms with Gasteiger partial charge in [0.05, 0.1) is 0 Å². The van der Waals surface area contributed by atoms with Gasteiger partial charge < -0.3 is 25.6 Å². The second-order valence-electron chi connectivity index (χ2n) is 8.98. The third kappa shape index (κ3) is 4.77. The molecule has 2 aromatic rings. The van der Waals surface area contributed by atoms with E-state index in [1.807, 2.05) is 0 Å². The van der Waals surface area contributed by atoms with Gasteiger partial charge in [-0.1, -0.05) is 0 Å². The number of amides is 2. The highest BCUT2D eigenvalue weighted by Crippen LogP contribution is 2.35. The Morgan fingerprint density at radius 1 is 0.641 bits per heavy atom. The second-order valence-corrected chi connectivity index (χ2v) is 8.98. The number of ketones is 4. The molecule has 0 aliphatic heterocycles. The maximum Gasteiger partial charge on any atom is 0.325 e. The Morgan fingerprint density at radius 2 is 0.974 bits per heavy atom. The molecule has 0 spiro atoms. The van der Waals surface area contributed by atoms with Gasteiger partial charge in [-0.25, -0.2) is 0 Å². The van der Waals surface area contributed by atoms with Gasteiger partial charge in [-0.3, -0.25) is 38.4 Å². The fourth-order valence-electron chi connectivity index (χ4n) is 4.20. The molecule has 2 amide bonds. The number of carboxylic acids is 2. The SMILES string of the molecule is C[C@H](NC(=O)C1C(=O)c2ccc(Oc3ccc4c(c3)C(=O)C(C(=O)N[C@@H](C)C(=O)O)C4=O)cc2C1=O)C(=O)O. The molecule has 4 rings (SSSR count). The van der Waals surface area contributed by atoms with Crippen molar-refractivity contribution in [2.24, 2.45) is 11.8 Å². The van der Waals surface area contributed by atoms with Gasteiger partial charge in [-0.2, -0.15) is 0 Å². The van der Waals surface area contributed by atoms with Crippen LogP contribution >= 0.6 is 0 Å². The zero-order valence-corrected chi connectivity index (χ0v) is 20.3. The summed E-state index contributed by atoms with van der Waals surface area (Å²) in [6, 6.07) is 5.01. The molecular weight excluding hydrogens is 516 g/mol. The van der Waals surface area contributed by atoms with Crippen molar-refractivity contribution in [2.45, 2.75) is 25.9 Å². The molecular formula is C26H20N2O11. The summed E-state index contributed by atoms with van der Waals surface area (Å²) in [5, 5.41) is 22.1.